The van der Waals surface area contributed by atoms with Crippen molar-refractivity contribution in [3.8, 4) is 0 Å². The lowest BCUT2D eigenvalue weighted by atomic mass is 10.3. The summed E-state index contributed by atoms with van der Waals surface area (Å²) in [5, 5.41) is 2.56. The summed E-state index contributed by atoms with van der Waals surface area (Å²) in [6.07, 6.45) is 2.82. The number of rotatable bonds is 4. The zero-order chi connectivity index (χ0) is 7.98. The van der Waals surface area contributed by atoms with Gasteiger partial charge in [-0.3, -0.25) is 4.79 Å². The zero-order valence-corrected chi connectivity index (χ0v) is 5.89. The van der Waals surface area contributed by atoms with Crippen LogP contribution in [0.25, 0.3) is 0 Å². The SMILES string of the molecule is C.C=CC(=C)CNC(=O)C=C. The summed E-state index contributed by atoms with van der Waals surface area (Å²) in [6, 6.07) is 0. The van der Waals surface area contributed by atoms with Crippen molar-refractivity contribution in [2.75, 3.05) is 6.54 Å². The summed E-state index contributed by atoms with van der Waals surface area (Å²) >= 11 is 0. The van der Waals surface area contributed by atoms with Gasteiger partial charge in [0.25, 0.3) is 0 Å². The fourth-order valence-electron chi connectivity index (χ4n) is 0.345. The molecule has 11 heavy (non-hydrogen) atoms. The van der Waals surface area contributed by atoms with Crippen LogP contribution in [-0.2, 0) is 4.79 Å². The lowest BCUT2D eigenvalue weighted by molar-refractivity contribution is -0.116. The van der Waals surface area contributed by atoms with Crippen LogP contribution in [0.3, 0.4) is 0 Å². The molecule has 0 aromatic rings. The van der Waals surface area contributed by atoms with Gasteiger partial charge in [-0.15, -0.1) is 0 Å². The largest absolute Gasteiger partial charge is 0.349 e. The van der Waals surface area contributed by atoms with Gasteiger partial charge in [-0.05, 0) is 11.6 Å². The molecule has 0 atom stereocenters. The minimum Gasteiger partial charge on any atom is -0.349 e. The Morgan fingerprint density at radius 2 is 1.91 bits per heavy atom. The summed E-state index contributed by atoms with van der Waals surface area (Å²) in [4.78, 5) is 10.5. The van der Waals surface area contributed by atoms with Crippen molar-refractivity contribution < 1.29 is 4.79 Å². The van der Waals surface area contributed by atoms with Crippen LogP contribution in [-0.4, -0.2) is 12.5 Å². The fraction of sp³-hybridized carbons (Fsp3) is 0.222. The van der Waals surface area contributed by atoms with Crippen LogP contribution >= 0.6 is 0 Å². The third-order valence-corrected chi connectivity index (χ3v) is 0.964. The Balaban J connectivity index is 0. The topological polar surface area (TPSA) is 29.1 Å². The van der Waals surface area contributed by atoms with Gasteiger partial charge in [-0.2, -0.15) is 0 Å². The van der Waals surface area contributed by atoms with E-state index in [1.54, 1.807) is 6.08 Å². The molecule has 0 aromatic carbocycles. The second-order valence-corrected chi connectivity index (χ2v) is 1.78. The van der Waals surface area contributed by atoms with Gasteiger partial charge in [0.05, 0.1) is 0 Å². The molecule has 0 bridgehead atoms. The van der Waals surface area contributed by atoms with Gasteiger partial charge in [-0.1, -0.05) is 33.2 Å². The Bertz CT molecular complexity index is 150. The summed E-state index contributed by atoms with van der Waals surface area (Å²) in [6.45, 7) is 10.8. The first-order valence-corrected chi connectivity index (χ1v) is 2.91. The number of amides is 1. The highest BCUT2D eigenvalue weighted by molar-refractivity contribution is 5.87. The van der Waals surface area contributed by atoms with Gasteiger partial charge in [-0.25, -0.2) is 0 Å². The molecule has 1 N–H and O–H groups in total. The average molecular weight is 153 g/mol. The standard InChI is InChI=1S/C8H11NO.CH4/c1-4-7(3)6-9-8(10)5-2;/h4-5H,1-3,6H2,(H,9,10);1H4. The monoisotopic (exact) mass is 153 g/mol. The first-order chi connectivity index (χ1) is 4.70. The van der Waals surface area contributed by atoms with Crippen molar-refractivity contribution in [1.82, 2.24) is 5.32 Å². The highest BCUT2D eigenvalue weighted by atomic mass is 16.1. The summed E-state index contributed by atoms with van der Waals surface area (Å²) in [5.74, 6) is -0.192. The molecule has 2 heteroatoms. The maximum Gasteiger partial charge on any atom is 0.243 e. The Kier molecular flexibility index (Phi) is 7.66. The smallest absolute Gasteiger partial charge is 0.243 e. The molecule has 1 amide bonds. The summed E-state index contributed by atoms with van der Waals surface area (Å²) < 4.78 is 0. The molecule has 0 aliphatic rings. The molecule has 2 nitrogen and oxygen atoms in total. The van der Waals surface area contributed by atoms with Crippen molar-refractivity contribution in [2.45, 2.75) is 7.43 Å². The van der Waals surface area contributed by atoms with E-state index in [9.17, 15) is 4.79 Å². The van der Waals surface area contributed by atoms with E-state index in [2.05, 4.69) is 25.1 Å². The van der Waals surface area contributed by atoms with E-state index in [4.69, 9.17) is 0 Å². The molecule has 62 valence electrons. The first-order valence-electron chi connectivity index (χ1n) is 2.91. The molecular weight excluding hydrogens is 138 g/mol. The minimum atomic E-state index is -0.192. The number of carbonyl (C=O) groups is 1. The first kappa shape index (κ1) is 12.4. The molecule has 0 fully saturated rings. The third kappa shape index (κ3) is 6.58. The minimum absolute atomic E-state index is 0. The summed E-state index contributed by atoms with van der Waals surface area (Å²) in [5.41, 5.74) is 0.787. The summed E-state index contributed by atoms with van der Waals surface area (Å²) in [7, 11) is 0. The van der Waals surface area contributed by atoms with E-state index >= 15 is 0 Å². The van der Waals surface area contributed by atoms with Crippen LogP contribution in [0.15, 0.2) is 37.5 Å². The van der Waals surface area contributed by atoms with Gasteiger partial charge >= 0.3 is 0 Å². The van der Waals surface area contributed by atoms with Gasteiger partial charge < -0.3 is 5.32 Å². The van der Waals surface area contributed by atoms with E-state index in [0.29, 0.717) is 6.54 Å². The second-order valence-electron chi connectivity index (χ2n) is 1.78. The lowest BCUT2D eigenvalue weighted by Gasteiger charge is -1.99. The molecule has 0 radical (unpaired) electrons. The Hall–Kier alpha value is -1.31. The maximum absolute atomic E-state index is 10.5. The van der Waals surface area contributed by atoms with Gasteiger partial charge in [0, 0.05) is 6.54 Å². The van der Waals surface area contributed by atoms with Crippen molar-refractivity contribution >= 4 is 5.91 Å². The van der Waals surface area contributed by atoms with E-state index in [0.717, 1.165) is 5.57 Å². The molecule has 0 rings (SSSR count). The highest BCUT2D eigenvalue weighted by Crippen LogP contribution is 1.85. The van der Waals surface area contributed by atoms with Crippen LogP contribution in [0, 0.1) is 0 Å². The molecular formula is C9H15NO. The molecule has 0 saturated carbocycles. The van der Waals surface area contributed by atoms with Crippen molar-refractivity contribution in [1.29, 1.82) is 0 Å². The molecule has 0 unspecified atom stereocenters. The quantitative estimate of drug-likeness (QED) is 0.483. The van der Waals surface area contributed by atoms with Crippen molar-refractivity contribution in [2.24, 2.45) is 0 Å². The van der Waals surface area contributed by atoms with Crippen LogP contribution in [0.4, 0.5) is 0 Å². The van der Waals surface area contributed by atoms with Crippen LogP contribution in [0.5, 0.6) is 0 Å². The predicted molar refractivity (Wildman–Crippen MR) is 49.3 cm³/mol. The molecule has 0 aliphatic carbocycles. The number of nitrogens with one attached hydrogen (secondary N) is 1. The zero-order valence-electron chi connectivity index (χ0n) is 5.89. The van der Waals surface area contributed by atoms with Crippen LogP contribution in [0.1, 0.15) is 7.43 Å². The molecule has 0 heterocycles. The van der Waals surface area contributed by atoms with Gasteiger partial charge in [0.1, 0.15) is 0 Å². The number of carbonyl (C=O) groups excluding carboxylic acids is 1. The number of hydrogen-bond acceptors (Lipinski definition) is 1. The van der Waals surface area contributed by atoms with Crippen molar-refractivity contribution in [3.05, 3.63) is 37.5 Å². The Labute approximate surface area is 68.3 Å². The molecule has 0 aromatic heterocycles. The van der Waals surface area contributed by atoms with E-state index in [-0.39, 0.29) is 13.3 Å². The molecule has 0 aliphatic heterocycles. The van der Waals surface area contributed by atoms with Crippen molar-refractivity contribution in [3.63, 3.8) is 0 Å². The fourth-order valence-corrected chi connectivity index (χ4v) is 0.345. The van der Waals surface area contributed by atoms with E-state index < -0.39 is 0 Å². The van der Waals surface area contributed by atoms with E-state index in [1.165, 1.54) is 6.08 Å². The van der Waals surface area contributed by atoms with Gasteiger partial charge in [0.2, 0.25) is 5.91 Å². The highest BCUT2D eigenvalue weighted by Gasteiger charge is 1.91. The third-order valence-electron chi connectivity index (χ3n) is 0.964. The maximum atomic E-state index is 10.5. The Morgan fingerprint density at radius 3 is 2.27 bits per heavy atom. The lowest BCUT2D eigenvalue weighted by Crippen LogP contribution is -2.22. The molecule has 0 spiro atoms. The number of hydrogen-bond donors (Lipinski definition) is 1. The van der Waals surface area contributed by atoms with Gasteiger partial charge in [0.15, 0.2) is 0 Å². The van der Waals surface area contributed by atoms with E-state index in [1.807, 2.05) is 0 Å². The predicted octanol–water partition coefficient (Wildman–Crippen LogP) is 1.67. The van der Waals surface area contributed by atoms with Crippen LogP contribution in [0.2, 0.25) is 0 Å². The molecule has 0 saturated heterocycles. The average Bonchev–Trinajstić information content (AvgIpc) is 1.99. The van der Waals surface area contributed by atoms with Crippen LogP contribution < -0.4 is 5.32 Å². The second kappa shape index (κ2) is 6.81. The normalized spacial score (nSPS) is 7.27. The Morgan fingerprint density at radius 1 is 1.36 bits per heavy atom.